The summed E-state index contributed by atoms with van der Waals surface area (Å²) in [6.07, 6.45) is 3.80. The second-order valence-corrected chi connectivity index (χ2v) is 7.32. The van der Waals surface area contributed by atoms with Crippen LogP contribution in [0.5, 0.6) is 0 Å². The fourth-order valence-corrected chi connectivity index (χ4v) is 3.78. The van der Waals surface area contributed by atoms with E-state index in [-0.39, 0.29) is 0 Å². The van der Waals surface area contributed by atoms with Gasteiger partial charge in [-0.05, 0) is 53.3 Å². The Morgan fingerprint density at radius 1 is 1.00 bits per heavy atom. The van der Waals surface area contributed by atoms with Crippen molar-refractivity contribution in [2.45, 2.75) is 32.6 Å². The van der Waals surface area contributed by atoms with E-state index in [2.05, 4.69) is 35.1 Å². The summed E-state index contributed by atoms with van der Waals surface area (Å²) in [5.41, 5.74) is 6.50. The maximum Gasteiger partial charge on any atom is 0.336 e. The molecule has 0 saturated carbocycles. The van der Waals surface area contributed by atoms with Crippen molar-refractivity contribution in [3.05, 3.63) is 89.2 Å². The molecule has 0 saturated heterocycles. The Bertz CT molecular complexity index is 1130. The molecule has 0 bridgehead atoms. The number of hydrogen-bond acceptors (Lipinski definition) is 2. The minimum absolute atomic E-state index is 0.343. The summed E-state index contributed by atoms with van der Waals surface area (Å²) in [4.78, 5) is 19.8. The Balaban J connectivity index is 1.71. The van der Waals surface area contributed by atoms with Crippen LogP contribution in [0.3, 0.4) is 0 Å². The molecule has 1 heterocycles. The fourth-order valence-electron chi connectivity index (χ4n) is 3.78. The summed E-state index contributed by atoms with van der Waals surface area (Å²) in [6, 6.07) is 21.6. The van der Waals surface area contributed by atoms with Crippen LogP contribution in [0, 0.1) is 0 Å². The first-order valence-corrected chi connectivity index (χ1v) is 10.0. The summed E-state index contributed by atoms with van der Waals surface area (Å²) < 4.78 is 0. The third-order valence-electron chi connectivity index (χ3n) is 5.23. The Hall–Kier alpha value is -3.40. The molecule has 0 radical (unpaired) electrons. The number of aryl methyl sites for hydroxylation is 1. The Morgan fingerprint density at radius 2 is 1.79 bits per heavy atom. The second kappa shape index (κ2) is 8.31. The lowest BCUT2D eigenvalue weighted by Gasteiger charge is -2.14. The molecule has 0 unspecified atom stereocenters. The molecule has 3 aromatic carbocycles. The standard InChI is InChI=1S/C25H24N2O2/c1-2-3-8-18-15-17(16-24-26-22-11-6-7-12-23(22)27-24)13-14-19(18)20-9-4-5-10-21(20)25(28)29/h4-7,9-15H,2-3,8,16H2,1H3,(H,26,27)(H,28,29). The number of fused-ring (bicyclic) bond motifs is 1. The molecule has 0 aliphatic carbocycles. The number of unbranched alkanes of at least 4 members (excludes halogenated alkanes) is 1. The lowest BCUT2D eigenvalue weighted by Crippen LogP contribution is -2.02. The quantitative estimate of drug-likeness (QED) is 0.419. The largest absolute Gasteiger partial charge is 0.478 e. The van der Waals surface area contributed by atoms with Gasteiger partial charge < -0.3 is 10.1 Å². The number of imidazole rings is 1. The van der Waals surface area contributed by atoms with Crippen LogP contribution < -0.4 is 0 Å². The van der Waals surface area contributed by atoms with Crippen LogP contribution in [-0.2, 0) is 12.8 Å². The average Bonchev–Trinajstić information content (AvgIpc) is 3.14. The zero-order valence-corrected chi connectivity index (χ0v) is 16.5. The number of carboxylic acid groups (broad SMARTS) is 1. The van der Waals surface area contributed by atoms with E-state index in [1.807, 2.05) is 36.4 Å². The summed E-state index contributed by atoms with van der Waals surface area (Å²) in [5, 5.41) is 9.60. The van der Waals surface area contributed by atoms with Crippen LogP contribution in [0.4, 0.5) is 0 Å². The summed E-state index contributed by atoms with van der Waals surface area (Å²) >= 11 is 0. The molecule has 4 rings (SSSR count). The molecular weight excluding hydrogens is 360 g/mol. The highest BCUT2D eigenvalue weighted by atomic mass is 16.4. The molecule has 0 aliphatic rings. The van der Waals surface area contributed by atoms with E-state index in [4.69, 9.17) is 0 Å². The van der Waals surface area contributed by atoms with Crippen molar-refractivity contribution in [2.24, 2.45) is 0 Å². The topological polar surface area (TPSA) is 66.0 Å². The molecule has 146 valence electrons. The van der Waals surface area contributed by atoms with E-state index in [1.165, 1.54) is 11.1 Å². The van der Waals surface area contributed by atoms with Gasteiger partial charge in [0.05, 0.1) is 16.6 Å². The molecule has 4 nitrogen and oxygen atoms in total. The SMILES string of the molecule is CCCCc1cc(Cc2nc3ccccc3[nH]2)ccc1-c1ccccc1C(=O)O. The van der Waals surface area contributed by atoms with Crippen molar-refractivity contribution < 1.29 is 9.90 Å². The van der Waals surface area contributed by atoms with Crippen molar-refractivity contribution >= 4 is 17.0 Å². The number of hydrogen-bond donors (Lipinski definition) is 2. The number of carbonyl (C=O) groups is 1. The van der Waals surface area contributed by atoms with Crippen LogP contribution in [-0.4, -0.2) is 21.0 Å². The number of nitrogens with zero attached hydrogens (tertiary/aromatic N) is 1. The van der Waals surface area contributed by atoms with Crippen molar-refractivity contribution in [1.82, 2.24) is 9.97 Å². The molecule has 0 fully saturated rings. The minimum atomic E-state index is -0.895. The first-order valence-electron chi connectivity index (χ1n) is 10.0. The third kappa shape index (κ3) is 4.06. The first-order chi connectivity index (χ1) is 14.2. The van der Waals surface area contributed by atoms with Gasteiger partial charge in [-0.1, -0.05) is 61.9 Å². The predicted octanol–water partition coefficient (Wildman–Crippen LogP) is 5.86. The van der Waals surface area contributed by atoms with Gasteiger partial charge in [0.2, 0.25) is 0 Å². The minimum Gasteiger partial charge on any atom is -0.478 e. The van der Waals surface area contributed by atoms with E-state index in [0.29, 0.717) is 12.0 Å². The lowest BCUT2D eigenvalue weighted by atomic mass is 9.91. The Kier molecular flexibility index (Phi) is 5.43. The number of aromatic carboxylic acids is 1. The van der Waals surface area contributed by atoms with Crippen molar-refractivity contribution in [3.63, 3.8) is 0 Å². The monoisotopic (exact) mass is 384 g/mol. The zero-order valence-electron chi connectivity index (χ0n) is 16.5. The van der Waals surface area contributed by atoms with Gasteiger partial charge in [-0.3, -0.25) is 0 Å². The Morgan fingerprint density at radius 3 is 2.59 bits per heavy atom. The number of nitrogens with one attached hydrogen (secondary N) is 1. The van der Waals surface area contributed by atoms with Crippen molar-refractivity contribution in [1.29, 1.82) is 0 Å². The molecule has 29 heavy (non-hydrogen) atoms. The smallest absolute Gasteiger partial charge is 0.336 e. The first kappa shape index (κ1) is 18.9. The Labute approximate surface area is 170 Å². The number of aromatic nitrogens is 2. The number of H-pyrrole nitrogens is 1. The van der Waals surface area contributed by atoms with Crippen LogP contribution in [0.25, 0.3) is 22.2 Å². The summed E-state index contributed by atoms with van der Waals surface area (Å²) in [6.45, 7) is 2.17. The van der Waals surface area contributed by atoms with E-state index in [0.717, 1.165) is 47.2 Å². The van der Waals surface area contributed by atoms with E-state index in [1.54, 1.807) is 12.1 Å². The molecule has 1 aromatic heterocycles. The van der Waals surface area contributed by atoms with Crippen molar-refractivity contribution in [2.75, 3.05) is 0 Å². The number of benzene rings is 3. The number of rotatable bonds is 7. The zero-order chi connectivity index (χ0) is 20.2. The number of carboxylic acids is 1. The maximum absolute atomic E-state index is 11.7. The van der Waals surface area contributed by atoms with Gasteiger partial charge in [-0.15, -0.1) is 0 Å². The summed E-state index contributed by atoms with van der Waals surface area (Å²) in [7, 11) is 0. The second-order valence-electron chi connectivity index (χ2n) is 7.32. The number of aromatic amines is 1. The van der Waals surface area contributed by atoms with Crippen molar-refractivity contribution in [3.8, 4) is 11.1 Å². The van der Waals surface area contributed by atoms with Gasteiger partial charge in [-0.2, -0.15) is 0 Å². The molecule has 4 aromatic rings. The molecular formula is C25H24N2O2. The number of para-hydroxylation sites is 2. The molecule has 0 aliphatic heterocycles. The van der Waals surface area contributed by atoms with E-state index >= 15 is 0 Å². The highest BCUT2D eigenvalue weighted by Gasteiger charge is 2.15. The van der Waals surface area contributed by atoms with Crippen LogP contribution in [0.1, 0.15) is 47.1 Å². The van der Waals surface area contributed by atoms with Crippen LogP contribution in [0.2, 0.25) is 0 Å². The van der Waals surface area contributed by atoms with Gasteiger partial charge in [0.25, 0.3) is 0 Å². The molecule has 2 N–H and O–H groups in total. The van der Waals surface area contributed by atoms with E-state index < -0.39 is 5.97 Å². The highest BCUT2D eigenvalue weighted by molar-refractivity contribution is 5.96. The molecule has 0 atom stereocenters. The normalized spacial score (nSPS) is 11.1. The summed E-state index contributed by atoms with van der Waals surface area (Å²) in [5.74, 6) is 0.0414. The van der Waals surface area contributed by atoms with Gasteiger partial charge in [-0.25, -0.2) is 9.78 Å². The van der Waals surface area contributed by atoms with Crippen LogP contribution in [0.15, 0.2) is 66.7 Å². The van der Waals surface area contributed by atoms with Gasteiger partial charge >= 0.3 is 5.97 Å². The lowest BCUT2D eigenvalue weighted by molar-refractivity contribution is 0.0697. The predicted molar refractivity (Wildman–Crippen MR) is 116 cm³/mol. The fraction of sp³-hybridized carbons (Fsp3) is 0.200. The molecule has 4 heteroatoms. The van der Waals surface area contributed by atoms with Crippen LogP contribution >= 0.6 is 0 Å². The average molecular weight is 384 g/mol. The maximum atomic E-state index is 11.7. The van der Waals surface area contributed by atoms with Gasteiger partial charge in [0.15, 0.2) is 0 Å². The molecule has 0 amide bonds. The van der Waals surface area contributed by atoms with Gasteiger partial charge in [0, 0.05) is 6.42 Å². The van der Waals surface area contributed by atoms with Gasteiger partial charge in [0.1, 0.15) is 5.82 Å². The third-order valence-corrected chi connectivity index (χ3v) is 5.23. The highest BCUT2D eigenvalue weighted by Crippen LogP contribution is 2.30. The molecule has 0 spiro atoms. The van der Waals surface area contributed by atoms with E-state index in [9.17, 15) is 9.90 Å².